The summed E-state index contributed by atoms with van der Waals surface area (Å²) in [5.41, 5.74) is 13.8. The molecule has 0 saturated carbocycles. The van der Waals surface area contributed by atoms with Crippen molar-refractivity contribution in [2.24, 2.45) is 23.6 Å². The molecule has 9 heteroatoms. The van der Waals surface area contributed by atoms with Gasteiger partial charge in [-0.25, -0.2) is 15.8 Å². The van der Waals surface area contributed by atoms with E-state index in [1.807, 2.05) is 37.3 Å². The van der Waals surface area contributed by atoms with E-state index in [2.05, 4.69) is 15.3 Å². The summed E-state index contributed by atoms with van der Waals surface area (Å²) < 4.78 is 1.67. The van der Waals surface area contributed by atoms with Gasteiger partial charge in [0.1, 0.15) is 5.35 Å². The number of hydrogen-bond donors (Lipinski definition) is 5. The Balaban J connectivity index is 2.13. The molecular weight excluding hydrogens is 344 g/mol. The molecule has 0 fully saturated rings. The predicted molar refractivity (Wildman–Crippen MR) is 104 cm³/mol. The molecule has 0 amide bonds. The van der Waals surface area contributed by atoms with Crippen molar-refractivity contribution < 1.29 is 5.11 Å². The summed E-state index contributed by atoms with van der Waals surface area (Å²) in [6, 6.07) is 9.49. The van der Waals surface area contributed by atoms with Crippen LogP contribution in [0.4, 0.5) is 5.95 Å². The van der Waals surface area contributed by atoms with Crippen molar-refractivity contribution in [2.45, 2.75) is 44.7 Å². The lowest BCUT2D eigenvalue weighted by molar-refractivity contribution is 0.00461. The van der Waals surface area contributed by atoms with E-state index < -0.39 is 11.5 Å². The van der Waals surface area contributed by atoms with Crippen LogP contribution in [0, 0.1) is 0 Å². The first-order valence-corrected chi connectivity index (χ1v) is 8.82. The largest absolute Gasteiger partial charge is 0.389 e. The normalized spacial score (nSPS) is 21.0. The molecule has 27 heavy (non-hydrogen) atoms. The van der Waals surface area contributed by atoms with Crippen LogP contribution in [0.25, 0.3) is 5.70 Å². The van der Waals surface area contributed by atoms with Crippen molar-refractivity contribution in [3.05, 3.63) is 46.7 Å². The van der Waals surface area contributed by atoms with Crippen molar-refractivity contribution in [2.75, 3.05) is 5.73 Å². The number of imidazole rings is 1. The van der Waals surface area contributed by atoms with Crippen molar-refractivity contribution in [3.8, 4) is 0 Å². The third-order valence-electron chi connectivity index (χ3n) is 5.01. The number of hydrogen-bond acceptors (Lipinski definition) is 8. The van der Waals surface area contributed by atoms with Crippen molar-refractivity contribution >= 4 is 11.6 Å². The molecule has 0 aliphatic carbocycles. The van der Waals surface area contributed by atoms with E-state index in [0.717, 1.165) is 5.56 Å². The Morgan fingerprint density at radius 3 is 2.52 bits per heavy atom. The zero-order valence-electron chi connectivity index (χ0n) is 16.1. The van der Waals surface area contributed by atoms with Gasteiger partial charge < -0.3 is 10.8 Å². The maximum Gasteiger partial charge on any atom is 0.260 e. The number of nitrogens with zero attached hydrogens (tertiary/aromatic N) is 4. The fourth-order valence-corrected chi connectivity index (χ4v) is 2.92. The van der Waals surface area contributed by atoms with Gasteiger partial charge in [0.25, 0.3) is 5.91 Å². The summed E-state index contributed by atoms with van der Waals surface area (Å²) in [5, 5.41) is 15.4. The molecule has 2 atom stereocenters. The third kappa shape index (κ3) is 3.54. The standard InChI is InChI=1S/C18H28N8O/c1-11(17(2,3)27)23-18(20)24-15-14(22-16(19)25(15)4)13(26(18)21)10-12-8-6-5-7-9-12/h5-9,11,23,27H,10,20-21H2,1-4H3,(H2,19,22). The van der Waals surface area contributed by atoms with Crippen LogP contribution in [0.15, 0.2) is 35.3 Å². The number of nitrogens with two attached hydrogens (primary N) is 3. The monoisotopic (exact) mass is 372 g/mol. The van der Waals surface area contributed by atoms with Gasteiger partial charge in [0.2, 0.25) is 5.95 Å². The number of rotatable bonds is 5. The number of nitrogen functional groups attached to an aromatic ring is 1. The Morgan fingerprint density at radius 1 is 1.30 bits per heavy atom. The number of aromatic nitrogens is 2. The van der Waals surface area contributed by atoms with Gasteiger partial charge in [0, 0.05) is 19.5 Å². The average molecular weight is 372 g/mol. The predicted octanol–water partition coefficient (Wildman–Crippen LogP) is -1.52. The molecule has 3 rings (SSSR count). The van der Waals surface area contributed by atoms with Gasteiger partial charge >= 0.3 is 0 Å². The molecule has 0 saturated heterocycles. The summed E-state index contributed by atoms with van der Waals surface area (Å²) in [7, 11) is 1.77. The molecule has 1 aliphatic heterocycles. The van der Waals surface area contributed by atoms with Gasteiger partial charge in [-0.2, -0.15) is 0 Å². The molecule has 9 nitrogen and oxygen atoms in total. The molecule has 1 aromatic carbocycles. The molecule has 0 spiro atoms. The van der Waals surface area contributed by atoms with Crippen LogP contribution in [0.3, 0.4) is 0 Å². The number of fused-ring (bicyclic) bond motifs is 1. The summed E-state index contributed by atoms with van der Waals surface area (Å²) in [6.45, 7) is 5.21. The molecule has 2 heterocycles. The van der Waals surface area contributed by atoms with Crippen LogP contribution in [-0.4, -0.2) is 37.2 Å². The second-order valence-electron chi connectivity index (χ2n) is 7.54. The van der Waals surface area contributed by atoms with Crippen molar-refractivity contribution in [1.82, 2.24) is 19.9 Å². The van der Waals surface area contributed by atoms with E-state index in [1.165, 1.54) is 5.01 Å². The third-order valence-corrected chi connectivity index (χ3v) is 5.01. The maximum absolute atomic E-state index is 10.3. The minimum Gasteiger partial charge on any atom is -0.389 e. The topological polar surface area (TPSA) is 144 Å². The smallest absolute Gasteiger partial charge is 0.260 e. The lowest BCUT2D eigenvalue weighted by atomic mass is 10.0. The highest BCUT2D eigenvalue weighted by Gasteiger charge is 2.40. The van der Waals surface area contributed by atoms with Gasteiger partial charge in [-0.05, 0) is 26.3 Å². The summed E-state index contributed by atoms with van der Waals surface area (Å²) >= 11 is 0. The highest BCUT2D eigenvalue weighted by molar-refractivity contribution is 5.48. The van der Waals surface area contributed by atoms with Crippen LogP contribution in [-0.2, 0) is 13.5 Å². The minimum atomic E-state index is -1.46. The number of benzene rings is 1. The first-order chi connectivity index (χ1) is 12.5. The zero-order chi connectivity index (χ0) is 20.0. The van der Waals surface area contributed by atoms with Crippen molar-refractivity contribution in [1.29, 1.82) is 0 Å². The quantitative estimate of drug-likeness (QED) is 0.317. The van der Waals surface area contributed by atoms with Gasteiger partial charge in [-0.15, -0.1) is 0 Å². The van der Waals surface area contributed by atoms with Crippen LogP contribution in [0.1, 0.15) is 26.3 Å². The first-order valence-electron chi connectivity index (χ1n) is 8.82. The molecule has 2 aromatic rings. The molecular formula is C18H28N8O. The number of aliphatic hydroxyl groups is 1. The number of anilines is 1. The summed E-state index contributed by atoms with van der Waals surface area (Å²) in [5.74, 6) is 5.27. The Bertz CT molecular complexity index is 946. The van der Waals surface area contributed by atoms with Crippen LogP contribution in [0.5, 0.6) is 0 Å². The molecule has 146 valence electrons. The SMILES string of the molecule is CC(NC1(N)N=c2c(nc(N)n2C)=C(Cc2ccccc2)N1N)C(C)(C)O. The number of hydrazine groups is 1. The van der Waals surface area contributed by atoms with E-state index >= 15 is 0 Å². The van der Waals surface area contributed by atoms with Gasteiger partial charge in [-0.3, -0.25) is 20.6 Å². The summed E-state index contributed by atoms with van der Waals surface area (Å²) in [6.07, 6.45) is 0.508. The van der Waals surface area contributed by atoms with Gasteiger partial charge in [-0.1, -0.05) is 30.3 Å². The van der Waals surface area contributed by atoms with Crippen molar-refractivity contribution in [3.63, 3.8) is 0 Å². The molecule has 0 bridgehead atoms. The maximum atomic E-state index is 10.3. The highest BCUT2D eigenvalue weighted by atomic mass is 16.3. The average Bonchev–Trinajstić information content (AvgIpc) is 2.87. The van der Waals surface area contributed by atoms with E-state index in [4.69, 9.17) is 17.3 Å². The molecule has 1 aliphatic rings. The fraction of sp³-hybridized carbons (Fsp3) is 0.444. The fourth-order valence-electron chi connectivity index (χ4n) is 2.92. The molecule has 1 aromatic heterocycles. The summed E-state index contributed by atoms with van der Waals surface area (Å²) in [4.78, 5) is 9.01. The lowest BCUT2D eigenvalue weighted by Crippen LogP contribution is -2.73. The highest BCUT2D eigenvalue weighted by Crippen LogP contribution is 2.20. The lowest BCUT2D eigenvalue weighted by Gasteiger charge is -2.42. The van der Waals surface area contributed by atoms with E-state index in [1.54, 1.807) is 25.5 Å². The second-order valence-corrected chi connectivity index (χ2v) is 7.54. The molecule has 8 N–H and O–H groups in total. The second kappa shape index (κ2) is 6.61. The van der Waals surface area contributed by atoms with Crippen LogP contribution < -0.4 is 33.5 Å². The van der Waals surface area contributed by atoms with E-state index in [0.29, 0.717) is 28.9 Å². The first kappa shape index (κ1) is 19.3. The minimum absolute atomic E-state index is 0.322. The van der Waals surface area contributed by atoms with E-state index in [9.17, 15) is 5.11 Å². The Labute approximate surface area is 158 Å². The zero-order valence-corrected chi connectivity index (χ0v) is 16.1. The Morgan fingerprint density at radius 2 is 1.93 bits per heavy atom. The Hall–Kier alpha value is -2.46. The van der Waals surface area contributed by atoms with Crippen LogP contribution in [0.2, 0.25) is 0 Å². The molecule has 2 unspecified atom stereocenters. The van der Waals surface area contributed by atoms with E-state index in [-0.39, 0.29) is 6.04 Å². The van der Waals surface area contributed by atoms with Crippen LogP contribution >= 0.6 is 0 Å². The van der Waals surface area contributed by atoms with Gasteiger partial charge in [0.15, 0.2) is 5.49 Å². The molecule has 0 radical (unpaired) electrons. The number of nitrogens with one attached hydrogen (secondary N) is 1. The Kier molecular flexibility index (Phi) is 4.73. The van der Waals surface area contributed by atoms with Gasteiger partial charge in [0.05, 0.1) is 11.3 Å².